The van der Waals surface area contributed by atoms with Crippen LogP contribution < -0.4 is 5.32 Å². The molecule has 1 aromatic carbocycles. The van der Waals surface area contributed by atoms with Gasteiger partial charge in [0, 0.05) is 43.1 Å². The number of halogens is 6. The smallest absolute Gasteiger partial charge is 0.314 e. The van der Waals surface area contributed by atoms with Gasteiger partial charge in [0.05, 0.1) is 5.56 Å². The van der Waals surface area contributed by atoms with Gasteiger partial charge in [0.1, 0.15) is 0 Å². The van der Waals surface area contributed by atoms with Gasteiger partial charge in [-0.15, -0.1) is 0 Å². The van der Waals surface area contributed by atoms with Crippen LogP contribution in [0.3, 0.4) is 0 Å². The molecule has 1 heterocycles. The SMILES string of the molecule is FC(F)C[C@@H](c1cc(Br)cc(C(F)(F)F)c1)N1CCNCC1. The molecule has 0 bridgehead atoms. The molecule has 0 amide bonds. The zero-order chi connectivity index (χ0) is 16.3. The van der Waals surface area contributed by atoms with Crippen LogP contribution in [0.1, 0.15) is 23.6 Å². The van der Waals surface area contributed by atoms with E-state index < -0.39 is 30.6 Å². The van der Waals surface area contributed by atoms with Gasteiger partial charge in [-0.1, -0.05) is 15.9 Å². The van der Waals surface area contributed by atoms with Crippen LogP contribution in [0.15, 0.2) is 22.7 Å². The number of hydrogen-bond donors (Lipinski definition) is 1. The van der Waals surface area contributed by atoms with E-state index in [-0.39, 0.29) is 10.0 Å². The Hall–Kier alpha value is -0.730. The Balaban J connectivity index is 2.35. The number of piperazine rings is 1. The summed E-state index contributed by atoms with van der Waals surface area (Å²) in [5, 5.41) is 3.10. The summed E-state index contributed by atoms with van der Waals surface area (Å²) in [6.07, 6.45) is -7.56. The summed E-state index contributed by atoms with van der Waals surface area (Å²) in [6, 6.07) is 2.70. The topological polar surface area (TPSA) is 15.3 Å². The van der Waals surface area contributed by atoms with Crippen molar-refractivity contribution in [1.29, 1.82) is 0 Å². The molecule has 22 heavy (non-hydrogen) atoms. The van der Waals surface area contributed by atoms with Gasteiger partial charge in [0.15, 0.2) is 0 Å². The summed E-state index contributed by atoms with van der Waals surface area (Å²) in [5.74, 6) is 0. The molecule has 0 unspecified atom stereocenters. The molecule has 1 N–H and O–H groups in total. The number of nitrogens with one attached hydrogen (secondary N) is 1. The zero-order valence-corrected chi connectivity index (χ0v) is 13.2. The fraction of sp³-hybridized carbons (Fsp3) is 0.571. The van der Waals surface area contributed by atoms with Crippen LogP contribution in [0.4, 0.5) is 22.0 Å². The zero-order valence-electron chi connectivity index (χ0n) is 11.6. The summed E-state index contributed by atoms with van der Waals surface area (Å²) in [6.45, 7) is 2.34. The van der Waals surface area contributed by atoms with Crippen LogP contribution in [0.2, 0.25) is 0 Å². The molecular weight excluding hydrogens is 371 g/mol. The molecule has 124 valence electrons. The third-order valence-corrected chi connectivity index (χ3v) is 4.08. The fourth-order valence-corrected chi connectivity index (χ4v) is 3.14. The highest BCUT2D eigenvalue weighted by Gasteiger charge is 2.33. The molecule has 2 nitrogen and oxygen atoms in total. The van der Waals surface area contributed by atoms with Gasteiger partial charge in [-0.2, -0.15) is 13.2 Å². The highest BCUT2D eigenvalue weighted by atomic mass is 79.9. The molecule has 2 rings (SSSR count). The summed E-state index contributed by atoms with van der Waals surface area (Å²) in [7, 11) is 0. The second kappa shape index (κ2) is 7.23. The maximum Gasteiger partial charge on any atom is 0.416 e. The summed E-state index contributed by atoms with van der Waals surface area (Å²) in [5.41, 5.74) is -0.560. The van der Waals surface area contributed by atoms with E-state index in [1.165, 1.54) is 6.07 Å². The van der Waals surface area contributed by atoms with Gasteiger partial charge in [-0.25, -0.2) is 8.78 Å². The van der Waals surface area contributed by atoms with Gasteiger partial charge in [-0.3, -0.25) is 4.90 Å². The van der Waals surface area contributed by atoms with E-state index in [4.69, 9.17) is 0 Å². The summed E-state index contributed by atoms with van der Waals surface area (Å²) < 4.78 is 64.8. The van der Waals surface area contributed by atoms with Crippen molar-refractivity contribution in [2.24, 2.45) is 0 Å². The molecule has 1 aromatic rings. The van der Waals surface area contributed by atoms with Crippen molar-refractivity contribution in [1.82, 2.24) is 10.2 Å². The number of benzene rings is 1. The largest absolute Gasteiger partial charge is 0.416 e. The van der Waals surface area contributed by atoms with Gasteiger partial charge in [0.2, 0.25) is 6.43 Å². The lowest BCUT2D eigenvalue weighted by atomic mass is 9.99. The Morgan fingerprint density at radius 1 is 1.14 bits per heavy atom. The van der Waals surface area contributed by atoms with Crippen LogP contribution in [0, 0.1) is 0 Å². The van der Waals surface area contributed by atoms with Crippen molar-refractivity contribution in [2.45, 2.75) is 25.1 Å². The standard InChI is InChI=1S/C14H16BrF5N2/c15-11-6-9(5-10(7-11)14(18,19)20)12(8-13(16)17)22-3-1-21-2-4-22/h5-7,12-13,21H,1-4,8H2/t12-/m0/s1. The third-order valence-electron chi connectivity index (χ3n) is 3.63. The van der Waals surface area contributed by atoms with Crippen molar-refractivity contribution in [3.63, 3.8) is 0 Å². The maximum absolute atomic E-state index is 12.9. The molecule has 0 aliphatic carbocycles. The van der Waals surface area contributed by atoms with Crippen LogP contribution in [0.5, 0.6) is 0 Å². The van der Waals surface area contributed by atoms with Crippen molar-refractivity contribution in [3.05, 3.63) is 33.8 Å². The molecule has 1 atom stereocenters. The van der Waals surface area contributed by atoms with Crippen molar-refractivity contribution < 1.29 is 22.0 Å². The monoisotopic (exact) mass is 386 g/mol. The molecule has 1 aliphatic rings. The second-order valence-electron chi connectivity index (χ2n) is 5.20. The van der Waals surface area contributed by atoms with E-state index in [0.717, 1.165) is 12.1 Å². The lowest BCUT2D eigenvalue weighted by molar-refractivity contribution is -0.137. The quantitative estimate of drug-likeness (QED) is 0.784. The first-order valence-electron chi connectivity index (χ1n) is 6.88. The molecule has 1 fully saturated rings. The predicted molar refractivity (Wildman–Crippen MR) is 76.9 cm³/mol. The summed E-state index contributed by atoms with van der Waals surface area (Å²) >= 11 is 3.05. The molecule has 0 saturated carbocycles. The lowest BCUT2D eigenvalue weighted by Gasteiger charge is -2.35. The molecule has 1 saturated heterocycles. The van der Waals surface area contributed by atoms with Crippen molar-refractivity contribution >= 4 is 15.9 Å². The van der Waals surface area contributed by atoms with Crippen LogP contribution >= 0.6 is 15.9 Å². The average molecular weight is 387 g/mol. The number of nitrogens with zero attached hydrogens (tertiary/aromatic N) is 1. The van der Waals surface area contributed by atoms with Crippen molar-refractivity contribution in [3.8, 4) is 0 Å². The van der Waals surface area contributed by atoms with E-state index in [9.17, 15) is 22.0 Å². The maximum atomic E-state index is 12.9. The molecular formula is C14H16BrF5N2. The van der Waals surface area contributed by atoms with Gasteiger partial charge < -0.3 is 5.32 Å². The summed E-state index contributed by atoms with van der Waals surface area (Å²) in [4.78, 5) is 1.81. The van der Waals surface area contributed by atoms with Crippen LogP contribution in [0.25, 0.3) is 0 Å². The van der Waals surface area contributed by atoms with Gasteiger partial charge in [0.25, 0.3) is 0 Å². The van der Waals surface area contributed by atoms with E-state index in [2.05, 4.69) is 21.2 Å². The third kappa shape index (κ3) is 4.63. The number of hydrogen-bond acceptors (Lipinski definition) is 2. The fourth-order valence-electron chi connectivity index (χ4n) is 2.63. The first-order chi connectivity index (χ1) is 10.3. The van der Waals surface area contributed by atoms with E-state index in [1.807, 2.05) is 4.90 Å². The predicted octanol–water partition coefficient (Wildman–Crippen LogP) is 4.07. The van der Waals surface area contributed by atoms with Crippen molar-refractivity contribution in [2.75, 3.05) is 26.2 Å². The Labute approximate surface area is 133 Å². The van der Waals surface area contributed by atoms with E-state index in [0.29, 0.717) is 26.2 Å². The van der Waals surface area contributed by atoms with Gasteiger partial charge >= 0.3 is 6.18 Å². The second-order valence-corrected chi connectivity index (χ2v) is 6.12. The minimum Gasteiger partial charge on any atom is -0.314 e. The highest BCUT2D eigenvalue weighted by molar-refractivity contribution is 9.10. The van der Waals surface area contributed by atoms with E-state index >= 15 is 0 Å². The Morgan fingerprint density at radius 2 is 1.77 bits per heavy atom. The first kappa shape index (κ1) is 17.6. The lowest BCUT2D eigenvalue weighted by Crippen LogP contribution is -2.45. The highest BCUT2D eigenvalue weighted by Crippen LogP contribution is 2.36. The van der Waals surface area contributed by atoms with Gasteiger partial charge in [-0.05, 0) is 23.8 Å². The normalized spacial score (nSPS) is 18.7. The molecule has 1 aliphatic heterocycles. The minimum absolute atomic E-state index is 0.242. The van der Waals surface area contributed by atoms with Crippen LogP contribution in [-0.4, -0.2) is 37.5 Å². The number of alkyl halides is 5. The Bertz CT molecular complexity index is 500. The Kier molecular flexibility index (Phi) is 5.79. The molecule has 0 aromatic heterocycles. The molecule has 0 spiro atoms. The number of rotatable bonds is 4. The van der Waals surface area contributed by atoms with E-state index in [1.54, 1.807) is 0 Å². The Morgan fingerprint density at radius 3 is 2.32 bits per heavy atom. The van der Waals surface area contributed by atoms with Crippen LogP contribution in [-0.2, 0) is 6.18 Å². The molecule has 8 heteroatoms. The molecule has 0 radical (unpaired) electrons. The minimum atomic E-state index is -4.50. The first-order valence-corrected chi connectivity index (χ1v) is 7.67. The average Bonchev–Trinajstić information content (AvgIpc) is 2.44.